The average molecular weight is 1480 g/mol. The van der Waals surface area contributed by atoms with Crippen molar-refractivity contribution in [3.8, 4) is 0 Å². The minimum atomic E-state index is -2.95. The van der Waals surface area contributed by atoms with E-state index in [4.69, 9.17) is 9.47 Å². The van der Waals surface area contributed by atoms with Crippen molar-refractivity contribution in [1.29, 1.82) is 0 Å². The third-order valence-electron chi connectivity index (χ3n) is 14.5. The van der Waals surface area contributed by atoms with E-state index < -0.39 is 22.3 Å². The fourth-order valence-electron chi connectivity index (χ4n) is 8.50. The van der Waals surface area contributed by atoms with Gasteiger partial charge in [-0.2, -0.15) is 8.78 Å². The number of rotatable bonds is 35. The minimum absolute atomic E-state index is 0. The number of anilines is 3. The fourth-order valence-corrected chi connectivity index (χ4v) is 13.8. The molecule has 0 fully saturated rings. The van der Waals surface area contributed by atoms with Crippen LogP contribution in [0.1, 0.15) is 262 Å². The number of nitrogens with zero attached hydrogens (tertiary/aromatic N) is 4. The predicted molar refractivity (Wildman–Crippen MR) is 446 cm³/mol. The highest BCUT2D eigenvalue weighted by molar-refractivity contribution is 6.89. The zero-order valence-electron chi connectivity index (χ0n) is 68.9. The number of unbranched alkanes of at least 4 members (excludes halogenated alkanes) is 6. The molecule has 0 bridgehead atoms. The largest absolute Gasteiger partial charge is 0.466 e. The molecule has 0 radical (unpaired) electrons. The first-order valence-corrected chi connectivity index (χ1v) is 44.5. The summed E-state index contributed by atoms with van der Waals surface area (Å²) in [4.78, 5) is 72.6. The van der Waals surface area contributed by atoms with E-state index in [0.717, 1.165) is 147 Å². The molecule has 1 N–H and O–H groups in total. The molecule has 0 aromatic heterocycles. The van der Waals surface area contributed by atoms with Gasteiger partial charge in [-0.05, 0) is 102 Å². The van der Waals surface area contributed by atoms with Gasteiger partial charge in [0.25, 0.3) is 0 Å². The monoisotopic (exact) mass is 1480 g/mol. The molecule has 0 heterocycles. The first-order valence-electron chi connectivity index (χ1n) is 37.9. The van der Waals surface area contributed by atoms with Gasteiger partial charge in [0, 0.05) is 140 Å². The van der Waals surface area contributed by atoms with Gasteiger partial charge in [0.2, 0.25) is 29.5 Å². The normalized spacial score (nSPS) is 9.96. The Morgan fingerprint density at radius 3 is 1.23 bits per heavy atom. The number of para-hydroxylation sites is 2. The lowest BCUT2D eigenvalue weighted by Crippen LogP contribution is -2.41. The third kappa shape index (κ3) is 81.9. The first kappa shape index (κ1) is 115. The van der Waals surface area contributed by atoms with Gasteiger partial charge < -0.3 is 43.9 Å². The van der Waals surface area contributed by atoms with Crippen LogP contribution in [0.25, 0.3) is 0 Å². The summed E-state index contributed by atoms with van der Waals surface area (Å²) in [7, 11) is 1.29. The van der Waals surface area contributed by atoms with Crippen molar-refractivity contribution >= 4 is 73.9 Å². The molecule has 0 unspecified atom stereocenters. The van der Waals surface area contributed by atoms with E-state index in [0.29, 0.717) is 13.0 Å². The molecule has 0 aliphatic rings. The van der Waals surface area contributed by atoms with Crippen molar-refractivity contribution in [3.05, 3.63) is 84.9 Å². The molecular weight excluding hydrogens is 1320 g/mol. The van der Waals surface area contributed by atoms with Crippen LogP contribution in [0.2, 0.25) is 44.3 Å². The number of benzene rings is 3. The number of alkyl halides is 2. The van der Waals surface area contributed by atoms with Gasteiger partial charge in [0.05, 0.1) is 21.3 Å². The second-order valence-corrected chi connectivity index (χ2v) is 36.1. The summed E-state index contributed by atoms with van der Waals surface area (Å²) in [5, 5.41) is 4.14. The van der Waals surface area contributed by atoms with Crippen LogP contribution >= 0.6 is 0 Å². The maximum atomic E-state index is 11.8. The van der Waals surface area contributed by atoms with Gasteiger partial charge in [0.15, 0.2) is 0 Å². The quantitative estimate of drug-likeness (QED) is 0.0340. The van der Waals surface area contributed by atoms with Crippen LogP contribution in [-0.2, 0) is 47.7 Å². The van der Waals surface area contributed by atoms with Crippen LogP contribution in [0.15, 0.2) is 84.9 Å². The van der Waals surface area contributed by atoms with Crippen molar-refractivity contribution in [2.45, 2.75) is 313 Å². The third-order valence-corrected chi connectivity index (χ3v) is 21.7. The maximum Gasteiger partial charge on any atom is 0.352 e. The zero-order chi connectivity index (χ0) is 78.2. The molecule has 15 nitrogen and oxygen atoms in total. The van der Waals surface area contributed by atoms with E-state index in [1.807, 2.05) is 111 Å². The molecule has 0 spiro atoms. The summed E-state index contributed by atoms with van der Waals surface area (Å²) in [5.41, 5.74) is 3.02. The summed E-state index contributed by atoms with van der Waals surface area (Å²) in [6.07, 6.45) is 15.8. The second-order valence-electron chi connectivity index (χ2n) is 25.9. The summed E-state index contributed by atoms with van der Waals surface area (Å²) in [6.45, 7) is 54.9. The Morgan fingerprint density at radius 1 is 0.451 bits per heavy atom. The second kappa shape index (κ2) is 79.8. The molecule has 0 atom stereocenters. The summed E-state index contributed by atoms with van der Waals surface area (Å²) >= 11 is 0. The van der Waals surface area contributed by atoms with Crippen LogP contribution in [-0.4, -0.2) is 143 Å². The van der Waals surface area contributed by atoms with Crippen LogP contribution in [0.3, 0.4) is 0 Å². The highest BCUT2D eigenvalue weighted by atomic mass is 28.3. The Bertz CT molecular complexity index is 2310. The fraction of sp³-hybridized carbons (Fsp3) is 0.711. The molecular formula is C83H161F2N5O10Si2. The number of ether oxygens (including phenoxy) is 4. The van der Waals surface area contributed by atoms with Crippen molar-refractivity contribution in [2.24, 2.45) is 0 Å². The van der Waals surface area contributed by atoms with Gasteiger partial charge in [-0.15, -0.1) is 0 Å². The van der Waals surface area contributed by atoms with E-state index >= 15 is 0 Å². The average Bonchev–Trinajstić information content (AvgIpc) is 0.832. The van der Waals surface area contributed by atoms with E-state index in [2.05, 4.69) is 128 Å². The number of carbonyl (C=O) groups excluding carboxylic acids is 6. The molecule has 600 valence electrons. The lowest BCUT2D eigenvalue weighted by molar-refractivity contribution is -0.224. The zero-order valence-corrected chi connectivity index (χ0v) is 70.9. The molecule has 102 heavy (non-hydrogen) atoms. The molecule has 0 aliphatic heterocycles. The number of amides is 5. The number of esters is 1. The van der Waals surface area contributed by atoms with E-state index in [9.17, 15) is 37.5 Å². The summed E-state index contributed by atoms with van der Waals surface area (Å²) < 4.78 is 42.5. The van der Waals surface area contributed by atoms with E-state index in [1.165, 1.54) is 69.3 Å². The van der Waals surface area contributed by atoms with Gasteiger partial charge in [-0.1, -0.05) is 247 Å². The van der Waals surface area contributed by atoms with Gasteiger partial charge in [0.1, 0.15) is 0 Å². The first-order chi connectivity index (χ1) is 47.1. The molecule has 19 heteroatoms. The van der Waals surface area contributed by atoms with Crippen molar-refractivity contribution < 1.29 is 56.5 Å². The van der Waals surface area contributed by atoms with Gasteiger partial charge >= 0.3 is 12.1 Å². The summed E-state index contributed by atoms with van der Waals surface area (Å²) in [6, 6.07) is 32.2. The highest BCUT2D eigenvalue weighted by Crippen LogP contribution is 2.22. The summed E-state index contributed by atoms with van der Waals surface area (Å²) in [5.74, 6) is 0.378. The van der Waals surface area contributed by atoms with Crippen LogP contribution in [0, 0.1) is 0 Å². The number of hydrogen-bond acceptors (Lipinski definition) is 10. The number of hydrogen-bond donors (Lipinski definition) is 1. The van der Waals surface area contributed by atoms with E-state index in [-0.39, 0.29) is 57.0 Å². The van der Waals surface area contributed by atoms with Crippen LogP contribution in [0.5, 0.6) is 0 Å². The molecule has 5 amide bonds. The number of carbonyl (C=O) groups is 6. The molecule has 3 rings (SSSR count). The van der Waals surface area contributed by atoms with Crippen molar-refractivity contribution in [1.82, 2.24) is 10.2 Å². The number of halogens is 2. The molecule has 0 saturated heterocycles. The Balaban J connectivity index is -0.000000139. The Labute approximate surface area is 629 Å². The van der Waals surface area contributed by atoms with Crippen LogP contribution in [0.4, 0.5) is 25.8 Å². The van der Waals surface area contributed by atoms with Gasteiger partial charge in [-0.25, -0.2) is 0 Å². The standard InChI is InChI=1S/C16H27NOSi.C14H23NOSi.C12H17NO.C7H15NO.C6H12F2O.C6H13NO.C6H12O2.C6H14O.C5H12O.C3H8.2CH4/c1-5-13-19(3,4)14-9-12-17(15(2)18)16-10-7-6-8-11-16;1-6-10-17(4,5)14-9-7-8-13(11-14)15(3)12(2)16;1-3-4-10-13(11(2)14)12-8-6-5-7-9-12;1-4-5-6-8(3)7(2)9;1-3-4-5-9-6(2,7)8;1-3-4-5-7-6(2)8;1-3-4-5-8-6(2)7;1-3-5-6-7-4-2;1-3-5-6-4-2;1-3-2;;/h6-8,10-11H,5,9,12-14H2,1-4H3;7-9,11H,6,10H2,1-5H3;5-9H,3-4,10H2,1-2H3;4-6H2,1-3H3;3-5H2,1-2H3;3-5H2,1-2H3,(H,7,8);3-5H2,1-2H3;3-6H2,1-2H3;3-5H2,1-2H3;3H2,1-2H3;2*1H4. The Morgan fingerprint density at radius 2 is 0.863 bits per heavy atom. The molecule has 3 aromatic carbocycles. The predicted octanol–water partition coefficient (Wildman–Crippen LogP) is 22.3. The van der Waals surface area contributed by atoms with Crippen molar-refractivity contribution in [2.75, 3.05) is 94.6 Å². The Kier molecular flexibility index (Phi) is 90.0. The Hall–Kier alpha value is -5.35. The van der Waals surface area contributed by atoms with Crippen molar-refractivity contribution in [3.63, 3.8) is 0 Å². The topological polar surface area (TPSA) is 164 Å². The highest BCUT2D eigenvalue weighted by Gasteiger charge is 2.24. The lowest BCUT2D eigenvalue weighted by atomic mass is 10.2. The lowest BCUT2D eigenvalue weighted by Gasteiger charge is -2.25. The minimum Gasteiger partial charge on any atom is -0.466 e. The van der Waals surface area contributed by atoms with Gasteiger partial charge in [-0.3, -0.25) is 28.8 Å². The van der Waals surface area contributed by atoms with E-state index in [1.54, 1.807) is 37.5 Å². The molecule has 3 aromatic rings. The number of nitrogens with one attached hydrogen (secondary N) is 1. The SMILES string of the molecule is C.C.CCC.CCCCN(C(C)=O)c1ccccc1.CCCCN(C)C(C)=O.CCCCNC(C)=O.CCCCOC(C)(F)F.CCCCOC(C)=O.CCCCOCC.CCCOCC.CCC[Si](C)(C)CCCN(C(C)=O)c1ccccc1.CCC[Si](C)(C)c1cccc(N(C)C(C)=O)c1. The van der Waals surface area contributed by atoms with Crippen LogP contribution < -0.4 is 25.2 Å². The molecule has 0 aliphatic carbocycles. The smallest absolute Gasteiger partial charge is 0.352 e. The molecule has 0 saturated carbocycles. The maximum absolute atomic E-state index is 11.8.